The van der Waals surface area contributed by atoms with Crippen molar-refractivity contribution < 1.29 is 9.59 Å². The first kappa shape index (κ1) is 17.0. The molecule has 1 aliphatic carbocycles. The summed E-state index contributed by atoms with van der Waals surface area (Å²) in [5, 5.41) is 0. The van der Waals surface area contributed by atoms with Gasteiger partial charge in [-0.05, 0) is 37.3 Å². The summed E-state index contributed by atoms with van der Waals surface area (Å²) in [6.45, 7) is 4.86. The Kier molecular flexibility index (Phi) is 5.54. The molecule has 1 saturated heterocycles. The zero-order valence-electron chi connectivity index (χ0n) is 14.7. The zero-order valence-corrected chi connectivity index (χ0v) is 14.7. The molecule has 1 saturated carbocycles. The van der Waals surface area contributed by atoms with Gasteiger partial charge in [0, 0.05) is 38.5 Å². The Morgan fingerprint density at radius 1 is 1.00 bits per heavy atom. The van der Waals surface area contributed by atoms with Gasteiger partial charge in [-0.3, -0.25) is 9.59 Å². The second kappa shape index (κ2) is 7.82. The summed E-state index contributed by atoms with van der Waals surface area (Å²) in [4.78, 5) is 28.8. The highest BCUT2D eigenvalue weighted by molar-refractivity contribution is 5.80. The second-order valence-electron chi connectivity index (χ2n) is 7.11. The van der Waals surface area contributed by atoms with Gasteiger partial charge in [0.1, 0.15) is 0 Å². The highest BCUT2D eigenvalue weighted by atomic mass is 16.2. The molecule has 0 unspecified atom stereocenters. The van der Waals surface area contributed by atoms with Crippen LogP contribution in [0.3, 0.4) is 0 Å². The van der Waals surface area contributed by atoms with Crippen molar-refractivity contribution in [2.75, 3.05) is 26.2 Å². The highest BCUT2D eigenvalue weighted by Gasteiger charge is 2.30. The van der Waals surface area contributed by atoms with Gasteiger partial charge >= 0.3 is 0 Å². The zero-order chi connectivity index (χ0) is 16.9. The summed E-state index contributed by atoms with van der Waals surface area (Å²) in [5.74, 6) is 0.777. The van der Waals surface area contributed by atoms with Gasteiger partial charge in [-0.25, -0.2) is 0 Å². The van der Waals surface area contributed by atoms with E-state index in [9.17, 15) is 9.59 Å². The predicted molar refractivity (Wildman–Crippen MR) is 94.6 cm³/mol. The van der Waals surface area contributed by atoms with Crippen molar-refractivity contribution in [3.63, 3.8) is 0 Å². The van der Waals surface area contributed by atoms with E-state index in [0.29, 0.717) is 38.5 Å². The van der Waals surface area contributed by atoms with E-state index in [1.807, 2.05) is 21.9 Å². The molecular weight excluding hydrogens is 300 g/mol. The van der Waals surface area contributed by atoms with E-state index < -0.39 is 0 Å². The first-order valence-electron chi connectivity index (χ1n) is 9.26. The molecule has 3 rings (SSSR count). The average molecular weight is 328 g/mol. The molecule has 2 fully saturated rings. The van der Waals surface area contributed by atoms with E-state index >= 15 is 0 Å². The van der Waals surface area contributed by atoms with Crippen LogP contribution in [0.5, 0.6) is 0 Å². The van der Waals surface area contributed by atoms with Crippen molar-refractivity contribution in [1.82, 2.24) is 9.80 Å². The standard InChI is InChI=1S/C20H28N2O2/c1-16-6-2-3-7-17(16)10-11-19(23)21-12-14-22(15-13-21)20(24)18-8-4-5-9-18/h2-3,6-7,18H,4-5,8-15H2,1H3. The Hall–Kier alpha value is -1.84. The van der Waals surface area contributed by atoms with E-state index in [2.05, 4.69) is 19.1 Å². The van der Waals surface area contributed by atoms with E-state index in [0.717, 1.165) is 19.3 Å². The molecule has 0 spiro atoms. The van der Waals surface area contributed by atoms with E-state index in [4.69, 9.17) is 0 Å². The molecule has 130 valence electrons. The Labute approximate surface area is 144 Å². The number of carbonyl (C=O) groups excluding carboxylic acids is 2. The van der Waals surface area contributed by atoms with Gasteiger partial charge in [-0.1, -0.05) is 37.1 Å². The Morgan fingerprint density at radius 3 is 2.29 bits per heavy atom. The molecule has 4 nitrogen and oxygen atoms in total. The summed E-state index contributed by atoms with van der Waals surface area (Å²) in [6.07, 6.45) is 5.83. The smallest absolute Gasteiger partial charge is 0.225 e. The molecule has 0 bridgehead atoms. The van der Waals surface area contributed by atoms with Crippen LogP contribution < -0.4 is 0 Å². The van der Waals surface area contributed by atoms with Gasteiger partial charge in [0.05, 0.1) is 0 Å². The lowest BCUT2D eigenvalue weighted by Gasteiger charge is -2.36. The lowest BCUT2D eigenvalue weighted by molar-refractivity contribution is -0.142. The molecule has 0 atom stereocenters. The molecule has 24 heavy (non-hydrogen) atoms. The van der Waals surface area contributed by atoms with Crippen molar-refractivity contribution in [3.05, 3.63) is 35.4 Å². The number of carbonyl (C=O) groups is 2. The van der Waals surface area contributed by atoms with E-state index in [-0.39, 0.29) is 11.8 Å². The SMILES string of the molecule is Cc1ccccc1CCC(=O)N1CCN(C(=O)C2CCCC2)CC1. The van der Waals surface area contributed by atoms with Gasteiger partial charge in [0.25, 0.3) is 0 Å². The Bertz CT molecular complexity index is 585. The first-order valence-corrected chi connectivity index (χ1v) is 9.26. The monoisotopic (exact) mass is 328 g/mol. The van der Waals surface area contributed by atoms with Gasteiger partial charge in [0.15, 0.2) is 0 Å². The predicted octanol–water partition coefficient (Wildman–Crippen LogP) is 2.79. The molecule has 2 aliphatic rings. The number of aryl methyl sites for hydroxylation is 2. The fraction of sp³-hybridized carbons (Fsp3) is 0.600. The number of nitrogens with zero attached hydrogens (tertiary/aromatic N) is 2. The number of hydrogen-bond donors (Lipinski definition) is 0. The minimum Gasteiger partial charge on any atom is -0.339 e. The fourth-order valence-electron chi connectivity index (χ4n) is 3.90. The third-order valence-electron chi connectivity index (χ3n) is 5.52. The maximum absolute atomic E-state index is 12.4. The quantitative estimate of drug-likeness (QED) is 0.853. The number of piperazine rings is 1. The van der Waals surface area contributed by atoms with Crippen molar-refractivity contribution >= 4 is 11.8 Å². The van der Waals surface area contributed by atoms with Gasteiger partial charge in [-0.15, -0.1) is 0 Å². The van der Waals surface area contributed by atoms with Crippen LogP contribution in [0.2, 0.25) is 0 Å². The normalized spacial score (nSPS) is 18.9. The Balaban J connectivity index is 1.45. The van der Waals surface area contributed by atoms with Crippen LogP contribution in [0.15, 0.2) is 24.3 Å². The molecule has 1 aliphatic heterocycles. The van der Waals surface area contributed by atoms with Gasteiger partial charge in [0.2, 0.25) is 11.8 Å². The van der Waals surface area contributed by atoms with Crippen LogP contribution in [0.25, 0.3) is 0 Å². The van der Waals surface area contributed by atoms with Crippen molar-refractivity contribution in [3.8, 4) is 0 Å². The minimum atomic E-state index is 0.214. The molecule has 0 N–H and O–H groups in total. The number of amides is 2. The molecule has 1 heterocycles. The van der Waals surface area contributed by atoms with Crippen LogP contribution in [-0.4, -0.2) is 47.8 Å². The van der Waals surface area contributed by atoms with Crippen molar-refractivity contribution in [2.24, 2.45) is 5.92 Å². The molecular formula is C20H28N2O2. The summed E-state index contributed by atoms with van der Waals surface area (Å²) in [5.41, 5.74) is 2.50. The second-order valence-corrected chi connectivity index (χ2v) is 7.11. The molecule has 0 radical (unpaired) electrons. The summed E-state index contributed by atoms with van der Waals surface area (Å²) < 4.78 is 0. The summed E-state index contributed by atoms with van der Waals surface area (Å²) in [7, 11) is 0. The van der Waals surface area contributed by atoms with Crippen LogP contribution in [0.1, 0.15) is 43.2 Å². The van der Waals surface area contributed by atoms with Gasteiger partial charge in [-0.2, -0.15) is 0 Å². The van der Waals surface area contributed by atoms with Crippen LogP contribution >= 0.6 is 0 Å². The highest BCUT2D eigenvalue weighted by Crippen LogP contribution is 2.27. The van der Waals surface area contributed by atoms with E-state index in [1.165, 1.54) is 24.0 Å². The molecule has 1 aromatic rings. The lowest BCUT2D eigenvalue weighted by Crippen LogP contribution is -2.51. The molecule has 1 aromatic carbocycles. The first-order chi connectivity index (χ1) is 11.6. The fourth-order valence-corrected chi connectivity index (χ4v) is 3.90. The summed E-state index contributed by atoms with van der Waals surface area (Å²) in [6, 6.07) is 8.25. The van der Waals surface area contributed by atoms with Crippen molar-refractivity contribution in [2.45, 2.75) is 45.4 Å². The third-order valence-corrected chi connectivity index (χ3v) is 5.52. The minimum absolute atomic E-state index is 0.214. The van der Waals surface area contributed by atoms with Crippen LogP contribution in [0.4, 0.5) is 0 Å². The van der Waals surface area contributed by atoms with Crippen molar-refractivity contribution in [1.29, 1.82) is 0 Å². The maximum Gasteiger partial charge on any atom is 0.225 e. The molecule has 4 heteroatoms. The third kappa shape index (κ3) is 3.97. The number of benzene rings is 1. The molecule has 2 amide bonds. The summed E-state index contributed by atoms with van der Waals surface area (Å²) >= 11 is 0. The van der Waals surface area contributed by atoms with Crippen LogP contribution in [0, 0.1) is 12.8 Å². The number of rotatable bonds is 4. The van der Waals surface area contributed by atoms with Crippen LogP contribution in [-0.2, 0) is 16.0 Å². The van der Waals surface area contributed by atoms with E-state index in [1.54, 1.807) is 0 Å². The molecule has 0 aromatic heterocycles. The lowest BCUT2D eigenvalue weighted by atomic mass is 10.0. The largest absolute Gasteiger partial charge is 0.339 e. The van der Waals surface area contributed by atoms with Gasteiger partial charge < -0.3 is 9.80 Å². The average Bonchev–Trinajstić information content (AvgIpc) is 3.15. The maximum atomic E-state index is 12.4. The topological polar surface area (TPSA) is 40.6 Å². The Morgan fingerprint density at radius 2 is 1.62 bits per heavy atom. The number of hydrogen-bond acceptors (Lipinski definition) is 2.